The summed E-state index contributed by atoms with van der Waals surface area (Å²) in [5.74, 6) is 2.65. The summed E-state index contributed by atoms with van der Waals surface area (Å²) in [7, 11) is 0. The Hall–Kier alpha value is -1.89. The summed E-state index contributed by atoms with van der Waals surface area (Å²) in [4.78, 5) is 2.42. The summed E-state index contributed by atoms with van der Waals surface area (Å²) in [5, 5.41) is 13.8. The second kappa shape index (κ2) is 7.50. The fraction of sp³-hybridized carbons (Fsp3) is 0.762. The van der Waals surface area contributed by atoms with Crippen LogP contribution in [0.4, 0.5) is 5.95 Å². The fourth-order valence-electron chi connectivity index (χ4n) is 4.47. The van der Waals surface area contributed by atoms with Gasteiger partial charge < -0.3 is 9.64 Å². The van der Waals surface area contributed by atoms with Gasteiger partial charge in [-0.15, -0.1) is 10.2 Å². The number of rotatable bonds is 5. The van der Waals surface area contributed by atoms with Gasteiger partial charge in [0.1, 0.15) is 6.54 Å². The molecule has 0 saturated carbocycles. The molecule has 154 valence electrons. The van der Waals surface area contributed by atoms with Crippen molar-refractivity contribution in [2.45, 2.75) is 73.1 Å². The monoisotopic (exact) mass is 386 g/mol. The van der Waals surface area contributed by atoms with E-state index in [1.165, 1.54) is 6.42 Å². The highest BCUT2D eigenvalue weighted by molar-refractivity contribution is 5.33. The first-order chi connectivity index (χ1) is 13.3. The molecular weight excluding hydrogens is 352 g/mol. The van der Waals surface area contributed by atoms with E-state index < -0.39 is 0 Å². The first-order valence-corrected chi connectivity index (χ1v) is 10.6. The van der Waals surface area contributed by atoms with Gasteiger partial charge in [0, 0.05) is 25.4 Å². The maximum Gasteiger partial charge on any atom is 0.227 e. The maximum absolute atomic E-state index is 5.94. The quantitative estimate of drug-likeness (QED) is 0.790. The average molecular weight is 387 g/mol. The summed E-state index contributed by atoms with van der Waals surface area (Å²) >= 11 is 0. The van der Waals surface area contributed by atoms with Crippen LogP contribution in [-0.2, 0) is 17.8 Å². The molecule has 2 aliphatic rings. The lowest BCUT2D eigenvalue weighted by atomic mass is 9.80. The Bertz CT molecular complexity index is 811. The first kappa shape index (κ1) is 19.4. The van der Waals surface area contributed by atoms with Crippen LogP contribution in [0.3, 0.4) is 0 Å². The van der Waals surface area contributed by atoms with Gasteiger partial charge in [0.05, 0.1) is 18.3 Å². The van der Waals surface area contributed by atoms with Gasteiger partial charge >= 0.3 is 0 Å². The van der Waals surface area contributed by atoms with Crippen LogP contribution >= 0.6 is 0 Å². The third-order valence-electron chi connectivity index (χ3n) is 6.31. The number of aromatic nitrogens is 5. The molecule has 2 unspecified atom stereocenters. The number of hydrogen-bond acceptors (Lipinski definition) is 5. The minimum Gasteiger partial charge on any atom is -0.376 e. The zero-order chi connectivity index (χ0) is 19.9. The van der Waals surface area contributed by atoms with Crippen molar-refractivity contribution in [2.24, 2.45) is 11.3 Å². The van der Waals surface area contributed by atoms with E-state index in [0.717, 1.165) is 62.2 Å². The fourth-order valence-corrected chi connectivity index (χ4v) is 4.47. The van der Waals surface area contributed by atoms with Gasteiger partial charge in [-0.1, -0.05) is 20.8 Å². The molecule has 0 bridgehead atoms. The van der Waals surface area contributed by atoms with Crippen molar-refractivity contribution in [3.8, 4) is 0 Å². The molecule has 28 heavy (non-hydrogen) atoms. The van der Waals surface area contributed by atoms with Crippen molar-refractivity contribution in [3.05, 3.63) is 23.3 Å². The van der Waals surface area contributed by atoms with Gasteiger partial charge in [-0.05, 0) is 50.5 Å². The Kier molecular flexibility index (Phi) is 5.21. The zero-order valence-electron chi connectivity index (χ0n) is 18.0. The van der Waals surface area contributed by atoms with E-state index >= 15 is 0 Å². The molecule has 0 spiro atoms. The Balaban J connectivity index is 1.60. The van der Waals surface area contributed by atoms with Crippen LogP contribution in [0.25, 0.3) is 0 Å². The standard InChI is InChI=1S/C21H34N6O/c1-15-11-16(2)27(24-15)14-19-22-23-20(26(19)13-18-7-6-10-28-18)25-9-8-17(12-25)21(3,4)5/h11,17-18H,6-10,12-14H2,1-5H3. The second-order valence-electron chi connectivity index (χ2n) is 9.54. The van der Waals surface area contributed by atoms with E-state index in [-0.39, 0.29) is 6.10 Å². The number of aryl methyl sites for hydroxylation is 2. The molecule has 7 nitrogen and oxygen atoms in total. The van der Waals surface area contributed by atoms with Crippen LogP contribution < -0.4 is 4.90 Å². The van der Waals surface area contributed by atoms with Crippen LogP contribution in [0.5, 0.6) is 0 Å². The lowest BCUT2D eigenvalue weighted by Gasteiger charge is -2.27. The van der Waals surface area contributed by atoms with Crippen molar-refractivity contribution >= 4 is 5.95 Å². The van der Waals surface area contributed by atoms with E-state index in [9.17, 15) is 0 Å². The van der Waals surface area contributed by atoms with Gasteiger partial charge in [0.2, 0.25) is 5.95 Å². The SMILES string of the molecule is Cc1cc(C)n(Cc2nnc(N3CCC(C(C)(C)C)C3)n2CC2CCCO2)n1. The van der Waals surface area contributed by atoms with Gasteiger partial charge in [0.15, 0.2) is 5.82 Å². The van der Waals surface area contributed by atoms with Crippen molar-refractivity contribution < 1.29 is 4.74 Å². The number of ether oxygens (including phenoxy) is 1. The van der Waals surface area contributed by atoms with Gasteiger partial charge in [-0.3, -0.25) is 9.25 Å². The number of nitrogens with zero attached hydrogens (tertiary/aromatic N) is 6. The Morgan fingerprint density at radius 3 is 2.61 bits per heavy atom. The molecule has 2 fully saturated rings. The van der Waals surface area contributed by atoms with Crippen molar-refractivity contribution in [1.29, 1.82) is 0 Å². The predicted molar refractivity (Wildman–Crippen MR) is 110 cm³/mol. The van der Waals surface area contributed by atoms with E-state index in [0.29, 0.717) is 17.9 Å². The zero-order valence-corrected chi connectivity index (χ0v) is 18.0. The average Bonchev–Trinajstić information content (AvgIpc) is 3.37. The smallest absolute Gasteiger partial charge is 0.227 e. The molecule has 4 rings (SSSR count). The van der Waals surface area contributed by atoms with E-state index in [1.54, 1.807) is 0 Å². The third kappa shape index (κ3) is 3.95. The van der Waals surface area contributed by atoms with Crippen LogP contribution in [0.15, 0.2) is 6.07 Å². The normalized spacial score (nSPS) is 23.1. The van der Waals surface area contributed by atoms with Crippen LogP contribution in [0.2, 0.25) is 0 Å². The second-order valence-corrected chi connectivity index (χ2v) is 9.54. The highest BCUT2D eigenvalue weighted by Crippen LogP contribution is 2.35. The van der Waals surface area contributed by atoms with Gasteiger partial charge in [-0.25, -0.2) is 0 Å². The topological polar surface area (TPSA) is 61.0 Å². The highest BCUT2D eigenvalue weighted by atomic mass is 16.5. The predicted octanol–water partition coefficient (Wildman–Crippen LogP) is 3.19. The summed E-state index contributed by atoms with van der Waals surface area (Å²) in [6.07, 6.45) is 3.73. The molecule has 2 aromatic heterocycles. The Morgan fingerprint density at radius 2 is 2.00 bits per heavy atom. The van der Waals surface area contributed by atoms with Crippen LogP contribution in [0.1, 0.15) is 57.2 Å². The summed E-state index contributed by atoms with van der Waals surface area (Å²) < 4.78 is 10.2. The van der Waals surface area contributed by atoms with E-state index in [2.05, 4.69) is 58.5 Å². The lowest BCUT2D eigenvalue weighted by Crippen LogP contribution is -2.29. The first-order valence-electron chi connectivity index (χ1n) is 10.6. The summed E-state index contributed by atoms with van der Waals surface area (Å²) in [6.45, 7) is 15.6. The third-order valence-corrected chi connectivity index (χ3v) is 6.31. The maximum atomic E-state index is 5.94. The Morgan fingerprint density at radius 1 is 1.18 bits per heavy atom. The summed E-state index contributed by atoms with van der Waals surface area (Å²) in [6, 6.07) is 2.11. The molecule has 2 aliphatic heterocycles. The molecule has 0 N–H and O–H groups in total. The minimum atomic E-state index is 0.259. The molecule has 0 aliphatic carbocycles. The Labute approximate surface area is 168 Å². The molecule has 2 aromatic rings. The van der Waals surface area contributed by atoms with Crippen LogP contribution in [0, 0.1) is 25.2 Å². The molecule has 2 atom stereocenters. The highest BCUT2D eigenvalue weighted by Gasteiger charge is 2.34. The molecule has 4 heterocycles. The molecule has 0 aromatic carbocycles. The molecule has 7 heteroatoms. The summed E-state index contributed by atoms with van der Waals surface area (Å²) in [5.41, 5.74) is 2.51. The largest absolute Gasteiger partial charge is 0.376 e. The number of anilines is 1. The van der Waals surface area contributed by atoms with Crippen molar-refractivity contribution in [2.75, 3.05) is 24.6 Å². The van der Waals surface area contributed by atoms with E-state index in [1.807, 2.05) is 11.6 Å². The minimum absolute atomic E-state index is 0.259. The number of hydrogen-bond donors (Lipinski definition) is 0. The van der Waals surface area contributed by atoms with Gasteiger partial charge in [0.25, 0.3) is 0 Å². The van der Waals surface area contributed by atoms with Gasteiger partial charge in [-0.2, -0.15) is 5.10 Å². The van der Waals surface area contributed by atoms with Crippen molar-refractivity contribution in [1.82, 2.24) is 24.5 Å². The molecule has 2 saturated heterocycles. The van der Waals surface area contributed by atoms with Crippen LogP contribution in [-0.4, -0.2) is 50.3 Å². The van der Waals surface area contributed by atoms with Crippen molar-refractivity contribution in [3.63, 3.8) is 0 Å². The molecule has 0 amide bonds. The van der Waals surface area contributed by atoms with E-state index in [4.69, 9.17) is 4.74 Å². The lowest BCUT2D eigenvalue weighted by molar-refractivity contribution is 0.0963. The molecule has 0 radical (unpaired) electrons. The molecular formula is C21H34N6O.